The molecule has 1 unspecified atom stereocenters. The third-order valence-electron chi connectivity index (χ3n) is 4.93. The fourth-order valence-corrected chi connectivity index (χ4v) is 3.62. The standard InChI is InChI=1S/C19H28N2O3/c1-15(13-19(2)23-11-12-24-19)14-20-18(22)21-9-7-16-5-3-4-6-17(16)8-10-21/h3-6,15H,7-14H2,1-2H3,(H,20,22). The molecule has 1 aromatic carbocycles. The third kappa shape index (κ3) is 4.28. The Morgan fingerprint density at radius 1 is 1.21 bits per heavy atom. The molecule has 0 bridgehead atoms. The molecule has 3 rings (SSSR count). The molecule has 0 spiro atoms. The Bertz CT molecular complexity index is 542. The van der Waals surface area contributed by atoms with Gasteiger partial charge in [0.25, 0.3) is 0 Å². The number of carbonyl (C=O) groups excluding carboxylic acids is 1. The van der Waals surface area contributed by atoms with Crippen molar-refractivity contribution < 1.29 is 14.3 Å². The van der Waals surface area contributed by atoms with Crippen LogP contribution in [0.25, 0.3) is 0 Å². The number of hydrogen-bond donors (Lipinski definition) is 1. The summed E-state index contributed by atoms with van der Waals surface area (Å²) in [5, 5.41) is 3.07. The van der Waals surface area contributed by atoms with Gasteiger partial charge in [-0.15, -0.1) is 0 Å². The molecule has 0 aromatic heterocycles. The molecule has 0 saturated carbocycles. The second-order valence-electron chi connectivity index (χ2n) is 7.08. The fourth-order valence-electron chi connectivity index (χ4n) is 3.62. The molecule has 24 heavy (non-hydrogen) atoms. The van der Waals surface area contributed by atoms with E-state index in [-0.39, 0.29) is 6.03 Å². The summed E-state index contributed by atoms with van der Waals surface area (Å²) in [5.41, 5.74) is 2.73. The van der Waals surface area contributed by atoms with Crippen LogP contribution >= 0.6 is 0 Å². The van der Waals surface area contributed by atoms with Crippen molar-refractivity contribution in [3.05, 3.63) is 35.4 Å². The molecular formula is C19H28N2O3. The summed E-state index contributed by atoms with van der Waals surface area (Å²) in [7, 11) is 0. The number of rotatable bonds is 4. The molecule has 132 valence electrons. The van der Waals surface area contributed by atoms with Crippen molar-refractivity contribution in [2.75, 3.05) is 32.8 Å². The lowest BCUT2D eigenvalue weighted by Gasteiger charge is -2.27. The largest absolute Gasteiger partial charge is 0.348 e. The molecule has 2 amide bonds. The van der Waals surface area contributed by atoms with Gasteiger partial charge in [-0.25, -0.2) is 4.79 Å². The maximum Gasteiger partial charge on any atom is 0.317 e. The second kappa shape index (κ2) is 7.53. The Morgan fingerprint density at radius 2 is 1.79 bits per heavy atom. The van der Waals surface area contributed by atoms with Crippen molar-refractivity contribution in [2.24, 2.45) is 5.92 Å². The molecule has 2 aliphatic heterocycles. The van der Waals surface area contributed by atoms with Crippen molar-refractivity contribution in [3.8, 4) is 0 Å². The van der Waals surface area contributed by atoms with Crippen LogP contribution in [-0.4, -0.2) is 49.6 Å². The van der Waals surface area contributed by atoms with E-state index in [1.54, 1.807) is 0 Å². The molecule has 1 fully saturated rings. The summed E-state index contributed by atoms with van der Waals surface area (Å²) in [5.74, 6) is -0.185. The van der Waals surface area contributed by atoms with Crippen molar-refractivity contribution >= 4 is 6.03 Å². The molecule has 2 heterocycles. The zero-order chi connectivity index (χ0) is 17.0. The Hall–Kier alpha value is -1.59. The summed E-state index contributed by atoms with van der Waals surface area (Å²) < 4.78 is 11.3. The summed E-state index contributed by atoms with van der Waals surface area (Å²) >= 11 is 0. The maximum absolute atomic E-state index is 12.5. The van der Waals surface area contributed by atoms with Crippen molar-refractivity contribution in [3.63, 3.8) is 0 Å². The molecule has 1 N–H and O–H groups in total. The zero-order valence-electron chi connectivity index (χ0n) is 14.7. The number of benzene rings is 1. The number of urea groups is 1. The van der Waals surface area contributed by atoms with E-state index in [4.69, 9.17) is 9.47 Å². The lowest BCUT2D eigenvalue weighted by Crippen LogP contribution is -2.43. The number of ether oxygens (including phenoxy) is 2. The smallest absolute Gasteiger partial charge is 0.317 e. The second-order valence-corrected chi connectivity index (χ2v) is 7.08. The van der Waals surface area contributed by atoms with Gasteiger partial charge in [0.15, 0.2) is 5.79 Å². The first kappa shape index (κ1) is 17.2. The highest BCUT2D eigenvalue weighted by Crippen LogP contribution is 2.26. The van der Waals surface area contributed by atoms with Crippen molar-refractivity contribution in [1.29, 1.82) is 0 Å². The number of fused-ring (bicyclic) bond motifs is 1. The lowest BCUT2D eigenvalue weighted by atomic mass is 10.0. The van der Waals surface area contributed by atoms with Crippen LogP contribution < -0.4 is 5.32 Å². The number of amides is 2. The minimum absolute atomic E-state index is 0.0352. The monoisotopic (exact) mass is 332 g/mol. The van der Waals surface area contributed by atoms with Gasteiger partial charge in [-0.2, -0.15) is 0 Å². The first-order valence-corrected chi connectivity index (χ1v) is 8.93. The van der Waals surface area contributed by atoms with Gasteiger partial charge in [0.2, 0.25) is 0 Å². The molecule has 5 heteroatoms. The van der Waals surface area contributed by atoms with Crippen LogP contribution in [0.4, 0.5) is 4.79 Å². The van der Waals surface area contributed by atoms with Crippen LogP contribution in [0.2, 0.25) is 0 Å². The molecule has 2 aliphatic rings. The highest BCUT2D eigenvalue weighted by atomic mass is 16.7. The Balaban J connectivity index is 1.45. The Kier molecular flexibility index (Phi) is 5.41. The van der Waals surface area contributed by atoms with Gasteiger partial charge in [-0.1, -0.05) is 31.2 Å². The van der Waals surface area contributed by atoms with E-state index in [0.29, 0.717) is 25.7 Å². The summed E-state index contributed by atoms with van der Waals surface area (Å²) in [6, 6.07) is 8.52. The number of nitrogens with one attached hydrogen (secondary N) is 1. The molecular weight excluding hydrogens is 304 g/mol. The average molecular weight is 332 g/mol. The van der Waals surface area contributed by atoms with E-state index >= 15 is 0 Å². The first-order valence-electron chi connectivity index (χ1n) is 8.93. The van der Waals surface area contributed by atoms with Gasteiger partial charge in [-0.05, 0) is 36.8 Å². The number of nitrogens with zero attached hydrogens (tertiary/aromatic N) is 1. The SMILES string of the molecule is CC(CNC(=O)N1CCc2ccccc2CC1)CC1(C)OCCO1. The molecule has 0 radical (unpaired) electrons. The lowest BCUT2D eigenvalue weighted by molar-refractivity contribution is -0.153. The predicted octanol–water partition coefficient (Wildman–Crippen LogP) is 2.59. The van der Waals surface area contributed by atoms with Gasteiger partial charge in [0.05, 0.1) is 13.2 Å². The van der Waals surface area contributed by atoms with Crippen LogP contribution in [0, 0.1) is 5.92 Å². The topological polar surface area (TPSA) is 50.8 Å². The molecule has 1 aromatic rings. The molecule has 1 saturated heterocycles. The summed E-state index contributed by atoms with van der Waals surface area (Å²) in [4.78, 5) is 14.4. The third-order valence-corrected chi connectivity index (χ3v) is 4.93. The predicted molar refractivity (Wildman–Crippen MR) is 92.9 cm³/mol. The van der Waals surface area contributed by atoms with Crippen molar-refractivity contribution in [1.82, 2.24) is 10.2 Å². The van der Waals surface area contributed by atoms with Crippen LogP contribution in [0.15, 0.2) is 24.3 Å². The quantitative estimate of drug-likeness (QED) is 0.922. The van der Waals surface area contributed by atoms with Crippen LogP contribution in [-0.2, 0) is 22.3 Å². The highest BCUT2D eigenvalue weighted by Gasteiger charge is 2.32. The van der Waals surface area contributed by atoms with E-state index < -0.39 is 5.79 Å². The number of carbonyl (C=O) groups is 1. The Morgan fingerprint density at radius 3 is 2.38 bits per heavy atom. The summed E-state index contributed by atoms with van der Waals surface area (Å²) in [6.45, 7) is 7.61. The maximum atomic E-state index is 12.5. The molecule has 0 aliphatic carbocycles. The molecule has 1 atom stereocenters. The molecule has 5 nitrogen and oxygen atoms in total. The minimum atomic E-state index is -0.492. The van der Waals surface area contributed by atoms with Gasteiger partial charge in [0, 0.05) is 26.1 Å². The zero-order valence-corrected chi connectivity index (χ0v) is 14.7. The minimum Gasteiger partial charge on any atom is -0.348 e. The highest BCUT2D eigenvalue weighted by molar-refractivity contribution is 5.74. The van der Waals surface area contributed by atoms with E-state index in [2.05, 4.69) is 36.5 Å². The van der Waals surface area contributed by atoms with E-state index in [9.17, 15) is 4.79 Å². The van der Waals surface area contributed by atoms with Crippen LogP contribution in [0.3, 0.4) is 0 Å². The van der Waals surface area contributed by atoms with Gasteiger partial charge >= 0.3 is 6.03 Å². The first-order chi connectivity index (χ1) is 11.6. The number of hydrogen-bond acceptors (Lipinski definition) is 3. The van der Waals surface area contributed by atoms with E-state index in [0.717, 1.165) is 32.4 Å². The normalized spacial score (nSPS) is 21.0. The van der Waals surface area contributed by atoms with Crippen molar-refractivity contribution in [2.45, 2.75) is 38.9 Å². The Labute approximate surface area is 144 Å². The van der Waals surface area contributed by atoms with Gasteiger partial charge < -0.3 is 19.7 Å². The van der Waals surface area contributed by atoms with Gasteiger partial charge in [0.1, 0.15) is 0 Å². The van der Waals surface area contributed by atoms with E-state index in [1.165, 1.54) is 11.1 Å². The van der Waals surface area contributed by atoms with Crippen LogP contribution in [0.5, 0.6) is 0 Å². The van der Waals surface area contributed by atoms with Gasteiger partial charge in [-0.3, -0.25) is 0 Å². The van der Waals surface area contributed by atoms with Crippen LogP contribution in [0.1, 0.15) is 31.4 Å². The average Bonchev–Trinajstić information content (AvgIpc) is 2.87. The fraction of sp³-hybridized carbons (Fsp3) is 0.632. The summed E-state index contributed by atoms with van der Waals surface area (Å²) in [6.07, 6.45) is 2.65. The van der Waals surface area contributed by atoms with E-state index in [1.807, 2.05) is 11.8 Å².